The minimum atomic E-state index is -0.110. The van der Waals surface area contributed by atoms with Crippen LogP contribution < -0.4 is 5.32 Å². The number of unbranched alkanes of at least 4 members (excludes halogenated alkanes) is 1. The lowest BCUT2D eigenvalue weighted by Crippen LogP contribution is -2.23. The molecule has 88 valence electrons. The second kappa shape index (κ2) is 6.31. The first-order valence-corrected chi connectivity index (χ1v) is 5.99. The van der Waals surface area contributed by atoms with Crippen LogP contribution >= 0.6 is 0 Å². The van der Waals surface area contributed by atoms with Crippen LogP contribution in [-0.4, -0.2) is 11.8 Å². The van der Waals surface area contributed by atoms with Crippen molar-refractivity contribution < 1.29 is 4.79 Å². The molecule has 1 rings (SSSR count). The predicted octanol–water partition coefficient (Wildman–Crippen LogP) is 3.42. The first-order valence-electron chi connectivity index (χ1n) is 5.99. The summed E-state index contributed by atoms with van der Waals surface area (Å²) in [6, 6.07) is 8.24. The molecule has 0 aliphatic carbocycles. The van der Waals surface area contributed by atoms with E-state index in [4.69, 9.17) is 0 Å². The van der Waals surface area contributed by atoms with Gasteiger partial charge in [-0.1, -0.05) is 25.5 Å². The highest BCUT2D eigenvalue weighted by Crippen LogP contribution is 2.12. The molecule has 0 heterocycles. The molecule has 1 aromatic rings. The van der Waals surface area contributed by atoms with Gasteiger partial charge in [0.2, 0.25) is 0 Å². The molecule has 0 radical (unpaired) electrons. The number of anilines is 1. The van der Waals surface area contributed by atoms with Crippen molar-refractivity contribution in [2.45, 2.75) is 46.1 Å². The van der Waals surface area contributed by atoms with Gasteiger partial charge in [-0.3, -0.25) is 4.79 Å². The Morgan fingerprint density at radius 3 is 2.44 bits per heavy atom. The van der Waals surface area contributed by atoms with Gasteiger partial charge in [-0.2, -0.15) is 0 Å². The summed E-state index contributed by atoms with van der Waals surface area (Å²) in [5.41, 5.74) is 2.38. The highest BCUT2D eigenvalue weighted by molar-refractivity contribution is 5.83. The van der Waals surface area contributed by atoms with Crippen molar-refractivity contribution in [1.29, 1.82) is 0 Å². The lowest BCUT2D eigenvalue weighted by Gasteiger charge is -2.12. The first kappa shape index (κ1) is 12.8. The number of hydrogen-bond donors (Lipinski definition) is 1. The summed E-state index contributed by atoms with van der Waals surface area (Å²) in [7, 11) is 0. The maximum atomic E-state index is 11.1. The van der Waals surface area contributed by atoms with E-state index in [-0.39, 0.29) is 11.8 Å². The zero-order valence-corrected chi connectivity index (χ0v) is 10.4. The summed E-state index contributed by atoms with van der Waals surface area (Å²) < 4.78 is 0. The molecular weight excluding hydrogens is 198 g/mol. The second-order valence-electron chi connectivity index (χ2n) is 4.28. The average molecular weight is 219 g/mol. The Hall–Kier alpha value is -1.31. The summed E-state index contributed by atoms with van der Waals surface area (Å²) in [6.45, 7) is 5.69. The molecule has 0 saturated carbocycles. The van der Waals surface area contributed by atoms with Crippen LogP contribution in [-0.2, 0) is 11.2 Å². The van der Waals surface area contributed by atoms with E-state index in [1.165, 1.54) is 18.4 Å². The summed E-state index contributed by atoms with van der Waals surface area (Å²) in [5, 5.41) is 3.18. The molecule has 0 aliphatic rings. The Morgan fingerprint density at radius 2 is 1.94 bits per heavy atom. The number of nitrogens with one attached hydrogen (secondary N) is 1. The monoisotopic (exact) mass is 219 g/mol. The van der Waals surface area contributed by atoms with E-state index in [2.05, 4.69) is 24.4 Å². The Balaban J connectivity index is 2.54. The van der Waals surface area contributed by atoms with Crippen molar-refractivity contribution in [3.8, 4) is 0 Å². The van der Waals surface area contributed by atoms with E-state index in [0.29, 0.717) is 0 Å². The molecule has 1 atom stereocenters. The number of Topliss-reactive ketones (excluding diaryl/α,β-unsaturated/α-hetero) is 1. The standard InChI is InChI=1S/C14H21NO/c1-4-5-6-13-7-9-14(10-8-13)15-11(2)12(3)16/h7-11,15H,4-6H2,1-3H3. The van der Waals surface area contributed by atoms with E-state index < -0.39 is 0 Å². The summed E-state index contributed by atoms with van der Waals surface area (Å²) in [6.07, 6.45) is 3.59. The van der Waals surface area contributed by atoms with Crippen LogP contribution in [0.5, 0.6) is 0 Å². The van der Waals surface area contributed by atoms with Gasteiger partial charge in [-0.05, 0) is 44.4 Å². The number of carbonyl (C=O) groups excluding carboxylic acids is 1. The molecule has 2 heteroatoms. The van der Waals surface area contributed by atoms with Crippen molar-refractivity contribution in [2.75, 3.05) is 5.32 Å². The number of ketones is 1. The third-order valence-electron chi connectivity index (χ3n) is 2.77. The Morgan fingerprint density at radius 1 is 1.31 bits per heavy atom. The van der Waals surface area contributed by atoms with E-state index >= 15 is 0 Å². The highest BCUT2D eigenvalue weighted by Gasteiger charge is 2.06. The first-order chi connectivity index (χ1) is 7.63. The third-order valence-corrected chi connectivity index (χ3v) is 2.77. The maximum Gasteiger partial charge on any atom is 0.151 e. The quantitative estimate of drug-likeness (QED) is 0.794. The van der Waals surface area contributed by atoms with Gasteiger partial charge in [-0.25, -0.2) is 0 Å². The number of rotatable bonds is 6. The zero-order valence-electron chi connectivity index (χ0n) is 10.4. The molecule has 0 aliphatic heterocycles. The van der Waals surface area contributed by atoms with Crippen molar-refractivity contribution in [1.82, 2.24) is 0 Å². The lowest BCUT2D eigenvalue weighted by molar-refractivity contribution is -0.117. The lowest BCUT2D eigenvalue weighted by atomic mass is 10.1. The van der Waals surface area contributed by atoms with Crippen molar-refractivity contribution >= 4 is 11.5 Å². The molecular formula is C14H21NO. The Labute approximate surface area is 98.1 Å². The van der Waals surface area contributed by atoms with Crippen molar-refractivity contribution in [2.24, 2.45) is 0 Å². The molecule has 0 bridgehead atoms. The van der Waals surface area contributed by atoms with Crippen LogP contribution in [0, 0.1) is 0 Å². The van der Waals surface area contributed by atoms with Crippen LogP contribution in [0.3, 0.4) is 0 Å². The number of carbonyl (C=O) groups is 1. The van der Waals surface area contributed by atoms with Crippen LogP contribution in [0.15, 0.2) is 24.3 Å². The SMILES string of the molecule is CCCCc1ccc(NC(C)C(C)=O)cc1. The van der Waals surface area contributed by atoms with Gasteiger partial charge in [-0.15, -0.1) is 0 Å². The molecule has 0 aromatic heterocycles. The summed E-state index contributed by atoms with van der Waals surface area (Å²) in [4.78, 5) is 11.1. The van der Waals surface area contributed by atoms with Crippen LogP contribution in [0.1, 0.15) is 39.2 Å². The van der Waals surface area contributed by atoms with E-state index in [9.17, 15) is 4.79 Å². The van der Waals surface area contributed by atoms with Gasteiger partial charge < -0.3 is 5.32 Å². The fourth-order valence-electron chi connectivity index (χ4n) is 1.50. The van der Waals surface area contributed by atoms with Gasteiger partial charge in [0.25, 0.3) is 0 Å². The number of hydrogen-bond acceptors (Lipinski definition) is 2. The van der Waals surface area contributed by atoms with E-state index in [1.807, 2.05) is 19.1 Å². The third kappa shape index (κ3) is 4.05. The Kier molecular flexibility index (Phi) is 5.03. The average Bonchev–Trinajstić information content (AvgIpc) is 2.28. The topological polar surface area (TPSA) is 29.1 Å². The molecule has 0 amide bonds. The van der Waals surface area contributed by atoms with E-state index in [1.54, 1.807) is 6.92 Å². The summed E-state index contributed by atoms with van der Waals surface area (Å²) in [5.74, 6) is 0.162. The number of benzene rings is 1. The largest absolute Gasteiger partial charge is 0.376 e. The smallest absolute Gasteiger partial charge is 0.151 e. The van der Waals surface area contributed by atoms with Gasteiger partial charge in [0.15, 0.2) is 5.78 Å². The molecule has 2 nitrogen and oxygen atoms in total. The van der Waals surface area contributed by atoms with Crippen molar-refractivity contribution in [3.05, 3.63) is 29.8 Å². The molecule has 0 saturated heterocycles. The van der Waals surface area contributed by atoms with Gasteiger partial charge >= 0.3 is 0 Å². The fraction of sp³-hybridized carbons (Fsp3) is 0.500. The van der Waals surface area contributed by atoms with Crippen LogP contribution in [0.25, 0.3) is 0 Å². The van der Waals surface area contributed by atoms with Crippen LogP contribution in [0.4, 0.5) is 5.69 Å². The molecule has 0 fully saturated rings. The molecule has 16 heavy (non-hydrogen) atoms. The molecule has 1 N–H and O–H groups in total. The van der Waals surface area contributed by atoms with Gasteiger partial charge in [0.05, 0.1) is 6.04 Å². The minimum absolute atomic E-state index is 0.110. The number of aryl methyl sites for hydroxylation is 1. The molecule has 1 unspecified atom stereocenters. The minimum Gasteiger partial charge on any atom is -0.376 e. The van der Waals surface area contributed by atoms with E-state index in [0.717, 1.165) is 12.1 Å². The Bertz CT molecular complexity index is 329. The zero-order chi connectivity index (χ0) is 12.0. The molecule has 1 aromatic carbocycles. The molecule has 0 spiro atoms. The predicted molar refractivity (Wildman–Crippen MR) is 68.8 cm³/mol. The normalized spacial score (nSPS) is 12.2. The van der Waals surface area contributed by atoms with Crippen molar-refractivity contribution in [3.63, 3.8) is 0 Å². The van der Waals surface area contributed by atoms with Crippen LogP contribution in [0.2, 0.25) is 0 Å². The maximum absolute atomic E-state index is 11.1. The fourth-order valence-corrected chi connectivity index (χ4v) is 1.50. The summed E-state index contributed by atoms with van der Waals surface area (Å²) >= 11 is 0. The second-order valence-corrected chi connectivity index (χ2v) is 4.28. The van der Waals surface area contributed by atoms with Gasteiger partial charge in [0.1, 0.15) is 0 Å². The highest BCUT2D eigenvalue weighted by atomic mass is 16.1. The van der Waals surface area contributed by atoms with Gasteiger partial charge in [0, 0.05) is 5.69 Å².